The molecule has 5 N–H and O–H groups in total. The number of hydrogen-bond acceptors (Lipinski definition) is 21. The third kappa shape index (κ3) is 13.9. The number of benzene rings is 1. The van der Waals surface area contributed by atoms with Crippen LogP contribution in [0.25, 0.3) is 0 Å². The molecule has 78 heavy (non-hydrogen) atoms. The lowest BCUT2D eigenvalue weighted by Crippen LogP contribution is -2.61. The molecule has 19 atom stereocenters. The van der Waals surface area contributed by atoms with Crippen LogP contribution in [0.5, 0.6) is 0 Å². The molecule has 0 bridgehead atoms. The number of aliphatic hydroxyl groups is 5. The number of amides is 1. The maximum atomic E-state index is 15.3. The Hall–Kier alpha value is -3.76. The average Bonchev–Trinajstić information content (AvgIpc) is 4.04. The number of likely N-dealkylation sites (N-methyl/N-ethyl adjacent to an activating group) is 2. The number of methoxy groups -OCH3 is 1. The molecule has 7 rings (SSSR count). The summed E-state index contributed by atoms with van der Waals surface area (Å²) in [5, 5.41) is 72.9. The smallest absolute Gasteiger partial charge is 0.414 e. The van der Waals surface area contributed by atoms with Gasteiger partial charge in [0, 0.05) is 64.1 Å². The molecule has 1 aromatic heterocycles. The van der Waals surface area contributed by atoms with E-state index >= 15 is 4.39 Å². The van der Waals surface area contributed by atoms with Gasteiger partial charge in [0.1, 0.15) is 48.5 Å². The first-order chi connectivity index (χ1) is 36.7. The van der Waals surface area contributed by atoms with Crippen molar-refractivity contribution >= 4 is 23.4 Å². The van der Waals surface area contributed by atoms with Gasteiger partial charge in [0.05, 0.1) is 72.7 Å². The zero-order chi connectivity index (χ0) is 57.2. The van der Waals surface area contributed by atoms with Gasteiger partial charge in [0.2, 0.25) is 0 Å². The van der Waals surface area contributed by atoms with E-state index in [4.69, 9.17) is 37.9 Å². The van der Waals surface area contributed by atoms with E-state index in [-0.39, 0.29) is 38.3 Å². The van der Waals surface area contributed by atoms with Crippen LogP contribution >= 0.6 is 0 Å². The number of halogens is 1. The monoisotopic (exact) mass is 1110 g/mol. The summed E-state index contributed by atoms with van der Waals surface area (Å²) in [7, 11) is 5.18. The van der Waals surface area contributed by atoms with Crippen molar-refractivity contribution in [2.45, 2.75) is 204 Å². The van der Waals surface area contributed by atoms with Gasteiger partial charge in [-0.25, -0.2) is 9.18 Å². The van der Waals surface area contributed by atoms with Gasteiger partial charge >= 0.3 is 12.1 Å². The molecule has 2 aromatic rings. The van der Waals surface area contributed by atoms with Crippen LogP contribution in [0, 0.1) is 23.6 Å². The van der Waals surface area contributed by atoms with Gasteiger partial charge in [-0.2, -0.15) is 4.80 Å². The summed E-state index contributed by atoms with van der Waals surface area (Å²) in [5.41, 5.74) is -3.79. The van der Waals surface area contributed by atoms with Crippen LogP contribution in [-0.4, -0.2) is 231 Å². The predicted octanol–water partition coefficient (Wildman–Crippen LogP) is 2.50. The Morgan fingerprint density at radius 3 is 2.31 bits per heavy atom. The van der Waals surface area contributed by atoms with E-state index in [1.165, 1.54) is 29.8 Å². The number of anilines is 2. The number of aromatic nitrogens is 4. The Kier molecular flexibility index (Phi) is 20.3. The number of carbonyl (C=O) groups excluding carboxylic acids is 2. The van der Waals surface area contributed by atoms with Crippen molar-refractivity contribution < 1.29 is 77.4 Å². The van der Waals surface area contributed by atoms with Crippen molar-refractivity contribution in [3.63, 3.8) is 0 Å². The van der Waals surface area contributed by atoms with E-state index in [2.05, 4.69) is 15.4 Å². The largest absolute Gasteiger partial charge is 0.459 e. The molecule has 23 nitrogen and oxygen atoms in total. The fourth-order valence-electron chi connectivity index (χ4n) is 12.3. The summed E-state index contributed by atoms with van der Waals surface area (Å²) >= 11 is 0. The predicted molar refractivity (Wildman–Crippen MR) is 282 cm³/mol. The molecule has 1 amide bonds. The maximum Gasteiger partial charge on any atom is 0.414 e. The van der Waals surface area contributed by atoms with Gasteiger partial charge in [-0.3, -0.25) is 9.69 Å². The van der Waals surface area contributed by atoms with Crippen LogP contribution in [0.3, 0.4) is 0 Å². The molecule has 6 heterocycles. The highest BCUT2D eigenvalue weighted by atomic mass is 19.1. The quantitative estimate of drug-likeness (QED) is 0.170. The lowest BCUT2D eigenvalue weighted by atomic mass is 9.77. The molecule has 1 aromatic carbocycles. The highest BCUT2D eigenvalue weighted by Gasteiger charge is 2.53. The Balaban J connectivity index is 1.07. The van der Waals surface area contributed by atoms with Gasteiger partial charge < -0.3 is 78.1 Å². The number of nitrogens with zero attached hydrogens (tertiary/aromatic N) is 8. The van der Waals surface area contributed by atoms with Crippen LogP contribution in [-0.2, 0) is 55.7 Å². The van der Waals surface area contributed by atoms with Gasteiger partial charge in [0.15, 0.2) is 18.4 Å². The molecule has 5 fully saturated rings. The standard InChI is InChI=1S/C54H89FN8O15/c1-14-41-54(10,70)46(65)34(6)60(12)27-30(2)25-52(8,69)48(32(4)45(33(5)49(67)76-41)77-43-26-53(9,71-13)47(66)35(7)74-43)78-50-44(64)40(23-31(3)73-50)59(11)18-17-42-56-58-63(57-42)29-37-28-62(51(68)75-37)36-15-16-39(38(55)24-36)61-19-21-72-22-20-61/h15-16,24,30-35,37,40-41,43-48,50,64-66,69-70H,14,17-23,25-29H2,1-13H3/t30-,31-,32+,33-,34-,35+,37-,40+,41-,43+,44-,45+,46-,47+,48-,50+,52-,53-,54-/m1/s1. The normalized spacial score (nSPS) is 40.2. The number of rotatable bonds is 14. The first kappa shape index (κ1) is 61.9. The SMILES string of the molecule is CC[C@H]1OC(=O)[C@H](C)[C@@H](O[C@H]2C[C@@](C)(OC)[C@@H](O)[C@H](C)O2)[C@H](C)[C@@H](O[C@@H]2O[C@H](C)C[C@H](N(C)CCc3nnn(C[C@H]4CN(c5ccc(N6CCOCC6)c(F)c5)C(=O)O4)n3)[C@H]2O)[C@](C)(O)C[C@@H](C)CN(C)[C@H](C)[C@@H](O)[C@]1(C)O. The molecule has 24 heteroatoms. The number of ether oxygens (including phenoxy) is 8. The Morgan fingerprint density at radius 1 is 0.936 bits per heavy atom. The molecule has 0 saturated carbocycles. The lowest BCUT2D eigenvalue weighted by Gasteiger charge is -2.49. The van der Waals surface area contributed by atoms with Crippen molar-refractivity contribution in [1.29, 1.82) is 0 Å². The Labute approximate surface area is 458 Å². The van der Waals surface area contributed by atoms with E-state index in [1.807, 2.05) is 42.6 Å². The van der Waals surface area contributed by atoms with Crippen LogP contribution in [0.4, 0.5) is 20.6 Å². The van der Waals surface area contributed by atoms with E-state index < -0.39 is 126 Å². The summed E-state index contributed by atoms with van der Waals surface area (Å²) in [5.74, 6) is -2.93. The van der Waals surface area contributed by atoms with Crippen LogP contribution in [0.2, 0.25) is 0 Å². The fraction of sp³-hybridized carbons (Fsp3) is 0.833. The topological polar surface area (TPSA) is 266 Å². The first-order valence-electron chi connectivity index (χ1n) is 27.8. The molecule has 0 radical (unpaired) electrons. The second kappa shape index (κ2) is 25.6. The molecule has 5 aliphatic heterocycles. The summed E-state index contributed by atoms with van der Waals surface area (Å²) < 4.78 is 64.6. The van der Waals surface area contributed by atoms with Gasteiger partial charge in [-0.15, -0.1) is 10.2 Å². The third-order valence-corrected chi connectivity index (χ3v) is 17.1. The number of esters is 1. The summed E-state index contributed by atoms with van der Waals surface area (Å²) in [6, 6.07) is 3.59. The summed E-state index contributed by atoms with van der Waals surface area (Å²) in [4.78, 5) is 36.0. The second-order valence-corrected chi connectivity index (χ2v) is 23.5. The number of tetrazole rings is 1. The van der Waals surface area contributed by atoms with Crippen molar-refractivity contribution in [2.24, 2.45) is 17.8 Å². The van der Waals surface area contributed by atoms with E-state index in [9.17, 15) is 35.1 Å². The van der Waals surface area contributed by atoms with Crippen LogP contribution < -0.4 is 9.80 Å². The molecule has 0 aliphatic carbocycles. The number of cyclic esters (lactones) is 2. The first-order valence-corrected chi connectivity index (χ1v) is 27.8. The minimum Gasteiger partial charge on any atom is -0.459 e. The molecule has 5 aliphatic rings. The minimum atomic E-state index is -1.86. The average molecular weight is 1110 g/mol. The van der Waals surface area contributed by atoms with Gasteiger partial charge in [-0.1, -0.05) is 20.8 Å². The van der Waals surface area contributed by atoms with E-state index in [0.717, 1.165) is 0 Å². The summed E-state index contributed by atoms with van der Waals surface area (Å²) in [6.45, 7) is 20.6. The zero-order valence-corrected chi connectivity index (χ0v) is 47.9. The number of hydrogen-bond donors (Lipinski definition) is 5. The van der Waals surface area contributed by atoms with E-state index in [1.54, 1.807) is 60.6 Å². The Morgan fingerprint density at radius 2 is 1.64 bits per heavy atom. The van der Waals surface area contributed by atoms with Crippen molar-refractivity contribution in [3.05, 3.63) is 29.8 Å². The molecular formula is C54H89FN8O15. The van der Waals surface area contributed by atoms with Crippen molar-refractivity contribution in [1.82, 2.24) is 30.0 Å². The minimum absolute atomic E-state index is 0.0768. The number of carbonyl (C=O) groups is 2. The van der Waals surface area contributed by atoms with Crippen molar-refractivity contribution in [2.75, 3.05) is 76.9 Å². The van der Waals surface area contributed by atoms with Crippen LogP contribution in [0.15, 0.2) is 18.2 Å². The zero-order valence-electron chi connectivity index (χ0n) is 47.9. The molecule has 0 unspecified atom stereocenters. The van der Waals surface area contributed by atoms with Crippen LogP contribution in [0.1, 0.15) is 101 Å². The fourth-order valence-corrected chi connectivity index (χ4v) is 12.3. The molecule has 5 saturated heterocycles. The molecular weight excluding hydrogens is 1020 g/mol. The molecule has 442 valence electrons. The highest BCUT2D eigenvalue weighted by Crippen LogP contribution is 2.41. The third-order valence-electron chi connectivity index (χ3n) is 17.1. The highest BCUT2D eigenvalue weighted by molar-refractivity contribution is 5.90. The summed E-state index contributed by atoms with van der Waals surface area (Å²) in [6.07, 6.45) is -10.5. The second-order valence-electron chi connectivity index (χ2n) is 23.5. The van der Waals surface area contributed by atoms with Gasteiger partial charge in [0.25, 0.3) is 0 Å². The lowest BCUT2D eigenvalue weighted by molar-refractivity contribution is -0.318. The maximum absolute atomic E-state index is 15.3. The van der Waals surface area contributed by atoms with E-state index in [0.29, 0.717) is 69.4 Å². The number of morpholine rings is 1. The Bertz CT molecular complexity index is 2300. The van der Waals surface area contributed by atoms with Gasteiger partial charge in [-0.05, 0) is 111 Å². The van der Waals surface area contributed by atoms with Crippen molar-refractivity contribution in [3.8, 4) is 0 Å². The number of aliphatic hydroxyl groups excluding tert-OH is 3. The molecule has 0 spiro atoms.